The summed E-state index contributed by atoms with van der Waals surface area (Å²) in [6.07, 6.45) is 3.92. The van der Waals surface area contributed by atoms with Crippen molar-refractivity contribution in [2.24, 2.45) is 13.0 Å². The van der Waals surface area contributed by atoms with Crippen molar-refractivity contribution in [2.45, 2.75) is 18.9 Å². The first kappa shape index (κ1) is 17.3. The van der Waals surface area contributed by atoms with E-state index >= 15 is 0 Å². The second-order valence-electron chi connectivity index (χ2n) is 6.89. The minimum absolute atomic E-state index is 0.0446. The molecule has 1 fully saturated rings. The molecule has 1 aliphatic rings. The highest BCUT2D eigenvalue weighted by Gasteiger charge is 2.36. The number of anilines is 1. The summed E-state index contributed by atoms with van der Waals surface area (Å²) < 4.78 is 1.67. The fourth-order valence-corrected chi connectivity index (χ4v) is 3.42. The van der Waals surface area contributed by atoms with Crippen LogP contribution in [0.4, 0.5) is 5.82 Å². The maximum atomic E-state index is 11.2. The van der Waals surface area contributed by atoms with Gasteiger partial charge in [-0.2, -0.15) is 0 Å². The number of likely N-dealkylation sites (tertiary alicyclic amines) is 1. The predicted octanol–water partition coefficient (Wildman–Crippen LogP) is 0.966. The van der Waals surface area contributed by atoms with Gasteiger partial charge in [-0.15, -0.1) is 5.10 Å². The van der Waals surface area contributed by atoms with Gasteiger partial charge in [-0.3, -0.25) is 14.4 Å². The van der Waals surface area contributed by atoms with Gasteiger partial charge in [-0.25, -0.2) is 4.98 Å². The summed E-state index contributed by atoms with van der Waals surface area (Å²) in [5, 5.41) is 17.4. The van der Waals surface area contributed by atoms with Gasteiger partial charge in [0.1, 0.15) is 5.82 Å². The van der Waals surface area contributed by atoms with Crippen LogP contribution >= 0.6 is 0 Å². The summed E-state index contributed by atoms with van der Waals surface area (Å²) in [7, 11) is 5.75. The molecule has 1 N–H and O–H groups in total. The molecule has 8 nitrogen and oxygen atoms in total. The van der Waals surface area contributed by atoms with Crippen LogP contribution in [0.3, 0.4) is 0 Å². The van der Waals surface area contributed by atoms with Crippen molar-refractivity contribution < 1.29 is 9.90 Å². The summed E-state index contributed by atoms with van der Waals surface area (Å²) in [5.74, 6) is 0.297. The monoisotopic (exact) mass is 344 g/mol. The number of pyridine rings is 1. The number of hydrogen-bond acceptors (Lipinski definition) is 6. The fourth-order valence-electron chi connectivity index (χ4n) is 3.42. The minimum atomic E-state index is -0.766. The number of carbonyl (C=O) groups is 1. The molecule has 2 aromatic heterocycles. The van der Waals surface area contributed by atoms with E-state index in [-0.39, 0.29) is 18.3 Å². The number of rotatable bonds is 6. The van der Waals surface area contributed by atoms with Crippen molar-refractivity contribution in [1.82, 2.24) is 24.9 Å². The molecule has 0 spiro atoms. The van der Waals surface area contributed by atoms with Gasteiger partial charge in [0.05, 0.1) is 12.1 Å². The van der Waals surface area contributed by atoms with Crippen LogP contribution in [0.1, 0.15) is 23.6 Å². The van der Waals surface area contributed by atoms with Crippen LogP contribution in [0.5, 0.6) is 0 Å². The van der Waals surface area contributed by atoms with Crippen molar-refractivity contribution in [3.63, 3.8) is 0 Å². The van der Waals surface area contributed by atoms with Gasteiger partial charge < -0.3 is 10.0 Å². The largest absolute Gasteiger partial charge is 0.481 e. The quantitative estimate of drug-likeness (QED) is 0.835. The molecule has 0 saturated carbocycles. The Hall–Kier alpha value is -2.48. The summed E-state index contributed by atoms with van der Waals surface area (Å²) in [6.45, 7) is 2.28. The number of hydrogen-bond donors (Lipinski definition) is 1. The van der Waals surface area contributed by atoms with E-state index in [0.29, 0.717) is 0 Å². The van der Waals surface area contributed by atoms with E-state index in [2.05, 4.69) is 26.3 Å². The highest BCUT2D eigenvalue weighted by molar-refractivity contribution is 5.67. The van der Waals surface area contributed by atoms with Crippen LogP contribution < -0.4 is 4.90 Å². The Morgan fingerprint density at radius 3 is 2.72 bits per heavy atom. The summed E-state index contributed by atoms with van der Waals surface area (Å²) in [6, 6.07) is 4.07. The fraction of sp³-hybridized carbons (Fsp3) is 0.529. The smallest absolute Gasteiger partial charge is 0.303 e. The lowest BCUT2D eigenvalue weighted by molar-refractivity contribution is -0.138. The highest BCUT2D eigenvalue weighted by Crippen LogP contribution is 2.34. The van der Waals surface area contributed by atoms with Gasteiger partial charge in [0.15, 0.2) is 0 Å². The zero-order chi connectivity index (χ0) is 18.0. The molecule has 1 aliphatic heterocycles. The first-order valence-electron chi connectivity index (χ1n) is 8.35. The van der Waals surface area contributed by atoms with E-state index < -0.39 is 5.97 Å². The number of carboxylic acids is 1. The Morgan fingerprint density at radius 1 is 1.36 bits per heavy atom. The molecule has 0 unspecified atom stereocenters. The van der Waals surface area contributed by atoms with Crippen LogP contribution in [0.25, 0.3) is 0 Å². The number of nitrogens with zero attached hydrogens (tertiary/aromatic N) is 6. The average Bonchev–Trinajstić information content (AvgIpc) is 3.13. The Bertz CT molecular complexity index is 727. The molecule has 3 heterocycles. The predicted molar refractivity (Wildman–Crippen MR) is 93.3 cm³/mol. The highest BCUT2D eigenvalue weighted by atomic mass is 16.4. The summed E-state index contributed by atoms with van der Waals surface area (Å²) in [5.41, 5.74) is 2.00. The molecule has 3 rings (SSSR count). The second kappa shape index (κ2) is 7.18. The summed E-state index contributed by atoms with van der Waals surface area (Å²) in [4.78, 5) is 19.9. The lowest BCUT2D eigenvalue weighted by Crippen LogP contribution is -2.21. The Morgan fingerprint density at radius 2 is 2.16 bits per heavy atom. The molecule has 25 heavy (non-hydrogen) atoms. The molecular weight excluding hydrogens is 320 g/mol. The SMILES string of the molecule is CN(C)c1ccc(CN2C[C@@H](CC(=O)O)[C@@H](c3cn(C)nn3)C2)cn1. The van der Waals surface area contributed by atoms with Gasteiger partial charge in [0.25, 0.3) is 0 Å². The standard InChI is InChI=1S/C17H24N6O2/c1-21(2)16-5-4-12(7-18-16)8-23-9-13(6-17(24)25)14(10-23)15-11-22(3)20-19-15/h4-5,7,11,13-14H,6,8-10H2,1-3H3,(H,24,25)/t13-,14+/m1/s1. The molecule has 134 valence electrons. The van der Waals surface area contributed by atoms with Crippen molar-refractivity contribution in [3.8, 4) is 0 Å². The maximum Gasteiger partial charge on any atom is 0.303 e. The molecule has 2 atom stereocenters. The third-order valence-electron chi connectivity index (χ3n) is 4.63. The number of aliphatic carboxylic acids is 1. The Labute approximate surface area is 147 Å². The molecule has 1 saturated heterocycles. The topological polar surface area (TPSA) is 87.4 Å². The minimum Gasteiger partial charge on any atom is -0.481 e. The van der Waals surface area contributed by atoms with Gasteiger partial charge in [0.2, 0.25) is 0 Å². The third-order valence-corrected chi connectivity index (χ3v) is 4.63. The van der Waals surface area contributed by atoms with Crippen LogP contribution in [-0.2, 0) is 18.4 Å². The second-order valence-corrected chi connectivity index (χ2v) is 6.89. The van der Waals surface area contributed by atoms with E-state index in [1.165, 1.54) is 0 Å². The molecule has 0 radical (unpaired) electrons. The van der Waals surface area contributed by atoms with Crippen LogP contribution in [0.15, 0.2) is 24.5 Å². The summed E-state index contributed by atoms with van der Waals surface area (Å²) >= 11 is 0. The van der Waals surface area contributed by atoms with E-state index in [1.807, 2.05) is 44.5 Å². The molecule has 0 aliphatic carbocycles. The number of aromatic nitrogens is 4. The van der Waals surface area contributed by atoms with Gasteiger partial charge in [0, 0.05) is 59.1 Å². The van der Waals surface area contributed by atoms with Crippen molar-refractivity contribution in [1.29, 1.82) is 0 Å². The lowest BCUT2D eigenvalue weighted by atomic mass is 9.91. The van der Waals surface area contributed by atoms with E-state index in [9.17, 15) is 9.90 Å². The lowest BCUT2D eigenvalue weighted by Gasteiger charge is -2.16. The van der Waals surface area contributed by atoms with Gasteiger partial charge in [-0.1, -0.05) is 11.3 Å². The third kappa shape index (κ3) is 4.14. The number of carboxylic acid groups (broad SMARTS) is 1. The van der Waals surface area contributed by atoms with Gasteiger partial charge >= 0.3 is 5.97 Å². The van der Waals surface area contributed by atoms with Crippen LogP contribution in [0, 0.1) is 5.92 Å². The number of aryl methyl sites for hydroxylation is 1. The zero-order valence-corrected chi connectivity index (χ0v) is 14.8. The van der Waals surface area contributed by atoms with E-state index in [4.69, 9.17) is 0 Å². The van der Waals surface area contributed by atoms with E-state index in [1.54, 1.807) is 4.68 Å². The molecule has 0 amide bonds. The maximum absolute atomic E-state index is 11.2. The van der Waals surface area contributed by atoms with Crippen LogP contribution in [0.2, 0.25) is 0 Å². The zero-order valence-electron chi connectivity index (χ0n) is 14.8. The van der Waals surface area contributed by atoms with Crippen molar-refractivity contribution in [2.75, 3.05) is 32.1 Å². The van der Waals surface area contributed by atoms with Crippen LogP contribution in [-0.4, -0.2) is 63.1 Å². The first-order chi connectivity index (χ1) is 11.9. The van der Waals surface area contributed by atoms with Crippen molar-refractivity contribution >= 4 is 11.8 Å². The molecule has 0 bridgehead atoms. The normalized spacial score (nSPS) is 20.8. The van der Waals surface area contributed by atoms with Crippen molar-refractivity contribution in [3.05, 3.63) is 35.8 Å². The van der Waals surface area contributed by atoms with E-state index in [0.717, 1.165) is 36.7 Å². The Kier molecular flexibility index (Phi) is 4.98. The molecule has 2 aromatic rings. The average molecular weight is 344 g/mol. The molecule has 8 heteroatoms. The molecule has 0 aromatic carbocycles. The molecular formula is C17H24N6O2. The first-order valence-corrected chi connectivity index (χ1v) is 8.35. The Balaban J connectivity index is 1.71. The van der Waals surface area contributed by atoms with Gasteiger partial charge in [-0.05, 0) is 17.5 Å².